The lowest BCUT2D eigenvalue weighted by Crippen LogP contribution is -2.14. The highest BCUT2D eigenvalue weighted by Gasteiger charge is 2.10. The fourth-order valence-electron chi connectivity index (χ4n) is 2.03. The molecular weight excluding hydrogens is 284 g/mol. The highest BCUT2D eigenvalue weighted by molar-refractivity contribution is 8.00. The molecule has 0 unspecified atom stereocenters. The summed E-state index contributed by atoms with van der Waals surface area (Å²) in [6.07, 6.45) is 5.63. The monoisotopic (exact) mass is 304 g/mol. The van der Waals surface area contributed by atoms with E-state index in [1.165, 1.54) is 0 Å². The van der Waals surface area contributed by atoms with Crippen molar-refractivity contribution in [3.63, 3.8) is 0 Å². The fraction of sp³-hybridized carbons (Fsp3) is 0.400. The van der Waals surface area contributed by atoms with Gasteiger partial charge in [-0.15, -0.1) is 0 Å². The van der Waals surface area contributed by atoms with E-state index in [0.29, 0.717) is 5.95 Å². The van der Waals surface area contributed by atoms with E-state index in [2.05, 4.69) is 28.5 Å². The van der Waals surface area contributed by atoms with Gasteiger partial charge in [0.25, 0.3) is 0 Å². The van der Waals surface area contributed by atoms with Gasteiger partial charge in [-0.3, -0.25) is 9.52 Å². The molecule has 0 aliphatic rings. The number of aromatic nitrogens is 3. The number of aryl methyl sites for hydroxylation is 2. The topological polar surface area (TPSA) is 59.8 Å². The van der Waals surface area contributed by atoms with Crippen LogP contribution < -0.4 is 10.3 Å². The first kappa shape index (κ1) is 15.6. The second kappa shape index (κ2) is 7.26. The highest BCUT2D eigenvalue weighted by atomic mass is 32.2. The first-order chi connectivity index (χ1) is 10.2. The van der Waals surface area contributed by atoms with Gasteiger partial charge in [0.2, 0.25) is 11.5 Å². The Kier molecular flexibility index (Phi) is 5.38. The molecule has 0 aliphatic heterocycles. The molecule has 0 amide bonds. The summed E-state index contributed by atoms with van der Waals surface area (Å²) in [7, 11) is 1.75. The van der Waals surface area contributed by atoms with Crippen LogP contribution in [0.25, 0.3) is 11.3 Å². The molecule has 21 heavy (non-hydrogen) atoms. The summed E-state index contributed by atoms with van der Waals surface area (Å²) in [6.45, 7) is 4.20. The predicted octanol–water partition coefficient (Wildman–Crippen LogP) is 2.87. The maximum atomic E-state index is 11.5. The molecule has 0 fully saturated rings. The third-order valence-electron chi connectivity index (χ3n) is 3.05. The fourth-order valence-corrected chi connectivity index (χ4v) is 2.40. The summed E-state index contributed by atoms with van der Waals surface area (Å²) in [5, 5.41) is 0. The van der Waals surface area contributed by atoms with Gasteiger partial charge >= 0.3 is 0 Å². The van der Waals surface area contributed by atoms with E-state index in [1.54, 1.807) is 29.6 Å². The standard InChI is InChI=1S/C15H20N4OS/c1-4-6-11-9-16-15(18-21-5-2)17-14(11)12-7-8-13(20)19(3)10-12/h7-10H,4-6H2,1-3H3,(H,16,17,18). The molecular formula is C15H20N4OS. The van der Waals surface area contributed by atoms with E-state index in [0.717, 1.165) is 35.4 Å². The van der Waals surface area contributed by atoms with Crippen molar-refractivity contribution in [2.24, 2.45) is 7.05 Å². The summed E-state index contributed by atoms with van der Waals surface area (Å²) < 4.78 is 4.70. The lowest BCUT2D eigenvalue weighted by atomic mass is 10.1. The van der Waals surface area contributed by atoms with E-state index in [-0.39, 0.29) is 5.56 Å². The van der Waals surface area contributed by atoms with Gasteiger partial charge in [-0.25, -0.2) is 9.97 Å². The second-order valence-electron chi connectivity index (χ2n) is 4.72. The van der Waals surface area contributed by atoms with Crippen molar-refractivity contribution in [2.75, 3.05) is 10.5 Å². The van der Waals surface area contributed by atoms with Crippen molar-refractivity contribution in [1.82, 2.24) is 14.5 Å². The van der Waals surface area contributed by atoms with Crippen molar-refractivity contribution >= 4 is 17.9 Å². The lowest BCUT2D eigenvalue weighted by Gasteiger charge is -2.11. The van der Waals surface area contributed by atoms with Gasteiger partial charge in [-0.1, -0.05) is 32.2 Å². The van der Waals surface area contributed by atoms with E-state index in [1.807, 2.05) is 18.5 Å². The minimum absolute atomic E-state index is 0.0234. The quantitative estimate of drug-likeness (QED) is 0.832. The number of pyridine rings is 1. The van der Waals surface area contributed by atoms with Crippen molar-refractivity contribution in [2.45, 2.75) is 26.7 Å². The summed E-state index contributed by atoms with van der Waals surface area (Å²) in [4.78, 5) is 20.5. The molecule has 0 aromatic carbocycles. The Labute approximate surface area is 129 Å². The average Bonchev–Trinajstić information content (AvgIpc) is 2.49. The van der Waals surface area contributed by atoms with Crippen LogP contribution in [0, 0.1) is 0 Å². The molecule has 0 saturated heterocycles. The Hall–Kier alpha value is -1.82. The van der Waals surface area contributed by atoms with E-state index in [9.17, 15) is 4.79 Å². The number of hydrogen-bond acceptors (Lipinski definition) is 5. The number of hydrogen-bond donors (Lipinski definition) is 1. The van der Waals surface area contributed by atoms with E-state index < -0.39 is 0 Å². The second-order valence-corrected chi connectivity index (χ2v) is 5.79. The van der Waals surface area contributed by atoms with E-state index >= 15 is 0 Å². The normalized spacial score (nSPS) is 10.6. The maximum absolute atomic E-state index is 11.5. The Morgan fingerprint density at radius 3 is 2.81 bits per heavy atom. The van der Waals surface area contributed by atoms with Gasteiger partial charge in [0.15, 0.2) is 0 Å². The van der Waals surface area contributed by atoms with Crippen LogP contribution in [0.1, 0.15) is 25.8 Å². The Morgan fingerprint density at radius 2 is 2.14 bits per heavy atom. The molecule has 0 saturated carbocycles. The minimum atomic E-state index is -0.0234. The molecule has 0 radical (unpaired) electrons. The summed E-state index contributed by atoms with van der Waals surface area (Å²) in [6, 6.07) is 3.39. The number of nitrogens with zero attached hydrogens (tertiary/aromatic N) is 3. The van der Waals surface area contributed by atoms with Crippen LogP contribution in [0.3, 0.4) is 0 Å². The van der Waals surface area contributed by atoms with Crippen LogP contribution in [0.4, 0.5) is 5.95 Å². The number of rotatable bonds is 6. The lowest BCUT2D eigenvalue weighted by molar-refractivity contribution is 0.858. The number of nitrogens with one attached hydrogen (secondary N) is 1. The van der Waals surface area contributed by atoms with Crippen LogP contribution in [-0.4, -0.2) is 20.3 Å². The first-order valence-electron chi connectivity index (χ1n) is 7.06. The predicted molar refractivity (Wildman–Crippen MR) is 88.5 cm³/mol. The molecule has 2 heterocycles. The van der Waals surface area contributed by atoms with Crippen molar-refractivity contribution in [3.05, 3.63) is 40.4 Å². The average molecular weight is 304 g/mol. The molecule has 6 heteroatoms. The zero-order valence-electron chi connectivity index (χ0n) is 12.6. The van der Waals surface area contributed by atoms with Crippen LogP contribution in [0.15, 0.2) is 29.3 Å². The van der Waals surface area contributed by atoms with Crippen molar-refractivity contribution in [3.8, 4) is 11.3 Å². The molecule has 2 aromatic rings. The third kappa shape index (κ3) is 3.85. The molecule has 0 spiro atoms. The molecule has 112 valence electrons. The van der Waals surface area contributed by atoms with Gasteiger partial charge in [0.1, 0.15) is 0 Å². The van der Waals surface area contributed by atoms with Crippen LogP contribution >= 0.6 is 11.9 Å². The van der Waals surface area contributed by atoms with Crippen molar-refractivity contribution in [1.29, 1.82) is 0 Å². The summed E-state index contributed by atoms with van der Waals surface area (Å²) >= 11 is 1.56. The Bertz CT molecular complexity index is 669. The molecule has 2 rings (SSSR count). The Balaban J connectivity index is 2.46. The largest absolute Gasteiger partial charge is 0.318 e. The van der Waals surface area contributed by atoms with Gasteiger partial charge in [0.05, 0.1) is 5.69 Å². The van der Waals surface area contributed by atoms with Gasteiger partial charge < -0.3 is 4.57 Å². The number of anilines is 1. The zero-order valence-corrected chi connectivity index (χ0v) is 13.4. The molecule has 1 N–H and O–H groups in total. The van der Waals surface area contributed by atoms with Crippen LogP contribution in [-0.2, 0) is 13.5 Å². The van der Waals surface area contributed by atoms with Crippen LogP contribution in [0.5, 0.6) is 0 Å². The maximum Gasteiger partial charge on any atom is 0.250 e. The third-order valence-corrected chi connectivity index (χ3v) is 3.67. The molecule has 5 nitrogen and oxygen atoms in total. The van der Waals surface area contributed by atoms with Crippen molar-refractivity contribution < 1.29 is 0 Å². The molecule has 0 atom stereocenters. The molecule has 2 aromatic heterocycles. The first-order valence-corrected chi connectivity index (χ1v) is 8.05. The minimum Gasteiger partial charge on any atom is -0.318 e. The van der Waals surface area contributed by atoms with Gasteiger partial charge in [0, 0.05) is 36.8 Å². The van der Waals surface area contributed by atoms with E-state index in [4.69, 9.17) is 0 Å². The van der Waals surface area contributed by atoms with Crippen LogP contribution in [0.2, 0.25) is 0 Å². The SMILES string of the molecule is CCCc1cnc(NSCC)nc1-c1ccc(=O)n(C)c1. The highest BCUT2D eigenvalue weighted by Crippen LogP contribution is 2.23. The summed E-state index contributed by atoms with van der Waals surface area (Å²) in [5.41, 5.74) is 2.90. The smallest absolute Gasteiger partial charge is 0.250 e. The Morgan fingerprint density at radius 1 is 1.33 bits per heavy atom. The summed E-state index contributed by atoms with van der Waals surface area (Å²) in [5.74, 6) is 1.54. The molecule has 0 aliphatic carbocycles. The van der Waals surface area contributed by atoms with Gasteiger partial charge in [-0.2, -0.15) is 0 Å². The van der Waals surface area contributed by atoms with Gasteiger partial charge in [-0.05, 0) is 18.1 Å². The zero-order chi connectivity index (χ0) is 15.2. The molecule has 0 bridgehead atoms.